The van der Waals surface area contributed by atoms with Crippen LogP contribution in [0.3, 0.4) is 0 Å². The van der Waals surface area contributed by atoms with E-state index in [-0.39, 0.29) is 37.5 Å². The molecule has 0 spiro atoms. The highest BCUT2D eigenvalue weighted by Gasteiger charge is 2.53. The molecule has 2 aliphatic rings. The van der Waals surface area contributed by atoms with Crippen LogP contribution in [0.15, 0.2) is 48.0 Å². The summed E-state index contributed by atoms with van der Waals surface area (Å²) >= 11 is 0. The van der Waals surface area contributed by atoms with Gasteiger partial charge in [-0.1, -0.05) is 12.5 Å². The highest BCUT2D eigenvalue weighted by atomic mass is 19.4. The van der Waals surface area contributed by atoms with Gasteiger partial charge in [0, 0.05) is 30.5 Å². The predicted molar refractivity (Wildman–Crippen MR) is 183 cm³/mol. The number of alkyl halides is 6. The number of aromatic nitrogens is 3. The highest BCUT2D eigenvalue weighted by Crippen LogP contribution is 2.42. The third kappa shape index (κ3) is 9.77. The average molecular weight is 819 g/mol. The second kappa shape index (κ2) is 17.7. The number of nitrogens with one attached hydrogen (secondary N) is 1. The molecule has 1 fully saturated rings. The van der Waals surface area contributed by atoms with E-state index in [1.54, 1.807) is 0 Å². The number of nitrogens with zero attached hydrogens (tertiary/aromatic N) is 5. The Kier molecular flexibility index (Phi) is 13.4. The van der Waals surface area contributed by atoms with Crippen molar-refractivity contribution in [3.8, 4) is 17.0 Å². The lowest BCUT2D eigenvalue weighted by atomic mass is 9.90. The van der Waals surface area contributed by atoms with Crippen molar-refractivity contribution in [2.45, 2.75) is 76.0 Å². The number of carbonyl (C=O) groups is 2. The van der Waals surface area contributed by atoms with Gasteiger partial charge in [0.25, 0.3) is 11.8 Å². The molecule has 1 unspecified atom stereocenters. The summed E-state index contributed by atoms with van der Waals surface area (Å²) in [6.07, 6.45) is -6.67. The van der Waals surface area contributed by atoms with Crippen molar-refractivity contribution in [2.24, 2.45) is 0 Å². The molecule has 1 aromatic carbocycles. The molecule has 0 saturated carbocycles. The second-order valence-electron chi connectivity index (χ2n) is 13.4. The van der Waals surface area contributed by atoms with E-state index < -0.39 is 100 Å². The fourth-order valence-corrected chi connectivity index (χ4v) is 6.34. The number of pyridine rings is 1. The molecule has 0 aliphatic carbocycles. The average Bonchev–Trinajstić information content (AvgIpc) is 3.57. The third-order valence-electron chi connectivity index (χ3n) is 9.34. The molecule has 57 heavy (non-hydrogen) atoms. The fraction of sp³-hybridized carbons (Fsp3) is 0.472. The van der Waals surface area contributed by atoms with Crippen LogP contribution in [0.2, 0.25) is 0 Å². The van der Waals surface area contributed by atoms with Gasteiger partial charge in [-0.3, -0.25) is 19.6 Å². The molecule has 0 radical (unpaired) electrons. The largest absolute Gasteiger partial charge is 0.509 e. The summed E-state index contributed by atoms with van der Waals surface area (Å²) in [5.41, 5.74) is -5.66. The molecule has 13 nitrogen and oxygen atoms in total. The van der Waals surface area contributed by atoms with Gasteiger partial charge >= 0.3 is 12.4 Å². The maximum atomic E-state index is 15.5. The quantitative estimate of drug-likeness (QED) is 0.0792. The lowest BCUT2D eigenvalue weighted by Crippen LogP contribution is -2.60. The molecule has 0 bridgehead atoms. The Hall–Kier alpha value is -4.99. The van der Waals surface area contributed by atoms with Crippen molar-refractivity contribution in [3.05, 3.63) is 76.7 Å². The first-order valence-corrected chi connectivity index (χ1v) is 17.7. The van der Waals surface area contributed by atoms with Crippen LogP contribution in [0, 0.1) is 11.6 Å². The lowest BCUT2D eigenvalue weighted by Gasteiger charge is -2.46. The van der Waals surface area contributed by atoms with Crippen molar-refractivity contribution in [1.82, 2.24) is 25.0 Å². The second-order valence-corrected chi connectivity index (χ2v) is 13.4. The number of aliphatic hydroxyl groups is 3. The summed E-state index contributed by atoms with van der Waals surface area (Å²) in [7, 11) is 0. The molecule has 21 heteroatoms. The van der Waals surface area contributed by atoms with E-state index in [1.807, 2.05) is 0 Å². The van der Waals surface area contributed by atoms with Gasteiger partial charge in [-0.25, -0.2) is 19.4 Å². The molecule has 2 amide bonds. The number of amides is 2. The van der Waals surface area contributed by atoms with Gasteiger partial charge in [-0.05, 0) is 57.2 Å². The molecule has 1 saturated heterocycles. The standard InChI is InChI=1S/C36H38F8N6O7/c1-34-11-6-12-50(34)49(17-21-7-9-24(28(38)27(21)37)57-14-5-3-2-4-13-56-19-22(52)18-51)32(55)26(30(34)53)31(54)47-23-16-46-33(36(42,43)44)48-29(23)20-8-10-25(45-15-20)35(39,40)41/h7-10,15-16,22,51-53H,2-6,11-14,17-19H2,1H3,(H,47,54)/t22-,34?/m0/s1. The molecule has 4 heterocycles. The van der Waals surface area contributed by atoms with Gasteiger partial charge < -0.3 is 30.1 Å². The normalized spacial score (nSPS) is 18.2. The summed E-state index contributed by atoms with van der Waals surface area (Å²) in [4.78, 5) is 37.6. The molecular formula is C36H38F8N6O7. The molecule has 4 N–H and O–H groups in total. The van der Waals surface area contributed by atoms with Crippen molar-refractivity contribution in [1.29, 1.82) is 0 Å². The third-order valence-corrected chi connectivity index (χ3v) is 9.34. The number of rotatable bonds is 16. The first-order valence-electron chi connectivity index (χ1n) is 17.7. The van der Waals surface area contributed by atoms with Crippen molar-refractivity contribution in [2.75, 3.05) is 38.3 Å². The van der Waals surface area contributed by atoms with Crippen molar-refractivity contribution < 1.29 is 69.5 Å². The van der Waals surface area contributed by atoms with Gasteiger partial charge in [0.2, 0.25) is 11.6 Å². The monoisotopic (exact) mass is 818 g/mol. The van der Waals surface area contributed by atoms with E-state index in [0.29, 0.717) is 50.8 Å². The fourth-order valence-electron chi connectivity index (χ4n) is 6.34. The smallest absolute Gasteiger partial charge is 0.451 e. The molecule has 2 aromatic heterocycles. The Balaban J connectivity index is 1.33. The van der Waals surface area contributed by atoms with Crippen molar-refractivity contribution >= 4 is 17.5 Å². The number of carbonyl (C=O) groups excluding carboxylic acids is 2. The van der Waals surface area contributed by atoms with Gasteiger partial charge in [0.1, 0.15) is 23.1 Å². The van der Waals surface area contributed by atoms with Gasteiger partial charge in [-0.2, -0.15) is 30.7 Å². The number of hydrogen-bond acceptors (Lipinski definition) is 11. The number of hydrazine groups is 1. The minimum absolute atomic E-state index is 0.0112. The number of halogens is 8. The maximum absolute atomic E-state index is 15.5. The van der Waals surface area contributed by atoms with Crippen LogP contribution in [-0.2, 0) is 33.2 Å². The van der Waals surface area contributed by atoms with Crippen LogP contribution in [0.4, 0.5) is 40.8 Å². The van der Waals surface area contributed by atoms with E-state index in [1.165, 1.54) is 24.1 Å². The highest BCUT2D eigenvalue weighted by molar-refractivity contribution is 6.24. The van der Waals surface area contributed by atoms with Crippen LogP contribution >= 0.6 is 0 Å². The maximum Gasteiger partial charge on any atom is 0.451 e. The number of ether oxygens (including phenoxy) is 2. The van der Waals surface area contributed by atoms with Crippen LogP contribution in [0.25, 0.3) is 11.3 Å². The first kappa shape index (κ1) is 43.1. The SMILES string of the molecule is CC12CCCN1N(Cc1ccc(OCCCCCCOC[C@@H](O)CO)c(F)c1F)C(=O)C(C(=O)Nc1cnc(C(F)(F)F)nc1-c1ccc(C(F)(F)F)nc1)=C2O. The number of aliphatic hydroxyl groups excluding tert-OH is 3. The Morgan fingerprint density at radius 2 is 1.70 bits per heavy atom. The predicted octanol–water partition coefficient (Wildman–Crippen LogP) is 5.73. The summed E-state index contributed by atoms with van der Waals surface area (Å²) in [5, 5.41) is 33.9. The zero-order valence-corrected chi connectivity index (χ0v) is 30.3. The lowest BCUT2D eigenvalue weighted by molar-refractivity contribution is -0.160. The summed E-state index contributed by atoms with van der Waals surface area (Å²) < 4.78 is 121. The molecule has 2 aliphatic heterocycles. The van der Waals surface area contributed by atoms with E-state index in [2.05, 4.69) is 20.3 Å². The molecule has 310 valence electrons. The molecule has 3 aromatic rings. The number of anilines is 1. The van der Waals surface area contributed by atoms with Crippen LogP contribution < -0.4 is 10.1 Å². The van der Waals surface area contributed by atoms with E-state index in [4.69, 9.17) is 14.6 Å². The van der Waals surface area contributed by atoms with Crippen LogP contribution in [-0.4, -0.2) is 96.7 Å². The number of hydrogen-bond donors (Lipinski definition) is 4. The van der Waals surface area contributed by atoms with E-state index >= 15 is 8.78 Å². The van der Waals surface area contributed by atoms with Gasteiger partial charge in [0.05, 0.1) is 49.5 Å². The Morgan fingerprint density at radius 3 is 2.35 bits per heavy atom. The Labute approximate surface area is 319 Å². The first-order chi connectivity index (χ1) is 26.9. The zero-order valence-electron chi connectivity index (χ0n) is 30.3. The minimum Gasteiger partial charge on any atom is -0.509 e. The zero-order chi connectivity index (χ0) is 41.7. The summed E-state index contributed by atoms with van der Waals surface area (Å²) in [6.45, 7) is 1.06. The van der Waals surface area contributed by atoms with Gasteiger partial charge in [0.15, 0.2) is 11.6 Å². The number of unbranched alkanes of at least 4 members (excludes halogenated alkanes) is 3. The Morgan fingerprint density at radius 1 is 0.982 bits per heavy atom. The van der Waals surface area contributed by atoms with Crippen molar-refractivity contribution in [3.63, 3.8) is 0 Å². The summed E-state index contributed by atoms with van der Waals surface area (Å²) in [6, 6.07) is 3.62. The number of fused-ring (bicyclic) bond motifs is 1. The molecule has 2 atom stereocenters. The Bertz CT molecular complexity index is 1960. The minimum atomic E-state index is -5.11. The van der Waals surface area contributed by atoms with Crippen LogP contribution in [0.5, 0.6) is 5.75 Å². The summed E-state index contributed by atoms with van der Waals surface area (Å²) in [5.74, 6) is -8.01. The number of benzene rings is 1. The topological polar surface area (TPSA) is 170 Å². The van der Waals surface area contributed by atoms with E-state index in [9.17, 15) is 46.1 Å². The van der Waals surface area contributed by atoms with E-state index in [0.717, 1.165) is 17.5 Å². The van der Waals surface area contributed by atoms with Gasteiger partial charge in [-0.15, -0.1) is 0 Å². The molecular weight excluding hydrogens is 780 g/mol. The molecule has 5 rings (SSSR count). The van der Waals surface area contributed by atoms with Crippen LogP contribution in [0.1, 0.15) is 62.5 Å².